The van der Waals surface area contributed by atoms with Crippen LogP contribution < -0.4 is 0 Å². The molecule has 1 atom stereocenters. The number of aromatic nitrogens is 3. The van der Waals surface area contributed by atoms with Crippen LogP contribution in [-0.4, -0.2) is 53.5 Å². The summed E-state index contributed by atoms with van der Waals surface area (Å²) in [6.07, 6.45) is 5.80. The lowest BCUT2D eigenvalue weighted by atomic mass is 10.1. The van der Waals surface area contributed by atoms with E-state index >= 15 is 0 Å². The van der Waals surface area contributed by atoms with Crippen molar-refractivity contribution in [2.75, 3.05) is 19.7 Å². The number of ether oxygens (including phenoxy) is 1. The Kier molecular flexibility index (Phi) is 5.17. The van der Waals surface area contributed by atoms with Crippen molar-refractivity contribution in [1.29, 1.82) is 0 Å². The number of pyridine rings is 1. The second-order valence-electron chi connectivity index (χ2n) is 5.73. The third-order valence-electron chi connectivity index (χ3n) is 3.96. The van der Waals surface area contributed by atoms with Gasteiger partial charge in [0.25, 0.3) is 0 Å². The number of hydrogen-bond donors (Lipinski definition) is 0. The molecule has 2 aromatic heterocycles. The van der Waals surface area contributed by atoms with Crippen LogP contribution in [0.15, 0.2) is 41.8 Å². The Bertz CT molecular complexity index is 783. The van der Waals surface area contributed by atoms with Gasteiger partial charge in [0.05, 0.1) is 12.7 Å². The van der Waals surface area contributed by atoms with E-state index in [4.69, 9.17) is 4.74 Å². The van der Waals surface area contributed by atoms with E-state index in [-0.39, 0.29) is 11.0 Å². The molecule has 1 aliphatic rings. The first kappa shape index (κ1) is 16.9. The number of hydrogen-bond acceptors (Lipinski definition) is 6. The van der Waals surface area contributed by atoms with Crippen LogP contribution in [0.2, 0.25) is 0 Å². The third kappa shape index (κ3) is 3.95. The summed E-state index contributed by atoms with van der Waals surface area (Å²) in [5, 5.41) is 0. The van der Waals surface area contributed by atoms with Crippen LogP contribution in [-0.2, 0) is 21.2 Å². The molecule has 1 aliphatic heterocycles. The molecule has 24 heavy (non-hydrogen) atoms. The van der Waals surface area contributed by atoms with E-state index in [1.54, 1.807) is 24.7 Å². The molecule has 0 bridgehead atoms. The van der Waals surface area contributed by atoms with Gasteiger partial charge in [-0.15, -0.1) is 0 Å². The maximum atomic E-state index is 12.7. The lowest BCUT2D eigenvalue weighted by Crippen LogP contribution is -2.45. The predicted octanol–water partition coefficient (Wildman–Crippen LogP) is 1.20. The fourth-order valence-electron chi connectivity index (χ4n) is 2.69. The van der Waals surface area contributed by atoms with Gasteiger partial charge in [-0.2, -0.15) is 4.31 Å². The second kappa shape index (κ2) is 7.33. The van der Waals surface area contributed by atoms with Gasteiger partial charge in [-0.1, -0.05) is 0 Å². The van der Waals surface area contributed by atoms with Gasteiger partial charge in [0, 0.05) is 36.9 Å². The largest absolute Gasteiger partial charge is 0.375 e. The second-order valence-corrected chi connectivity index (χ2v) is 7.67. The minimum Gasteiger partial charge on any atom is -0.375 e. The van der Waals surface area contributed by atoms with Crippen molar-refractivity contribution >= 4 is 10.0 Å². The van der Waals surface area contributed by atoms with Gasteiger partial charge in [0.15, 0.2) is 0 Å². The molecule has 0 radical (unpaired) electrons. The molecule has 128 valence electrons. The highest BCUT2D eigenvalue weighted by molar-refractivity contribution is 7.89. The van der Waals surface area contributed by atoms with Crippen LogP contribution in [0.1, 0.15) is 17.8 Å². The summed E-state index contributed by atoms with van der Waals surface area (Å²) in [5.74, 6) is 0. The van der Waals surface area contributed by atoms with Gasteiger partial charge in [-0.05, 0) is 38.0 Å². The van der Waals surface area contributed by atoms with Gasteiger partial charge < -0.3 is 4.74 Å². The maximum Gasteiger partial charge on any atom is 0.244 e. The Morgan fingerprint density at radius 3 is 3.00 bits per heavy atom. The van der Waals surface area contributed by atoms with Gasteiger partial charge in [0.2, 0.25) is 10.0 Å². The highest BCUT2D eigenvalue weighted by Gasteiger charge is 2.30. The van der Waals surface area contributed by atoms with E-state index in [1.807, 2.05) is 13.0 Å². The summed E-state index contributed by atoms with van der Waals surface area (Å²) in [7, 11) is -3.52. The third-order valence-corrected chi connectivity index (χ3v) is 5.81. The van der Waals surface area contributed by atoms with Crippen molar-refractivity contribution in [3.63, 3.8) is 0 Å². The van der Waals surface area contributed by atoms with E-state index < -0.39 is 10.0 Å². The van der Waals surface area contributed by atoms with E-state index in [1.165, 1.54) is 10.5 Å². The molecular weight excluding hydrogens is 328 g/mol. The average molecular weight is 348 g/mol. The number of nitrogens with zero attached hydrogens (tertiary/aromatic N) is 4. The molecule has 3 heterocycles. The lowest BCUT2D eigenvalue weighted by molar-refractivity contribution is -0.00539. The van der Waals surface area contributed by atoms with Crippen LogP contribution in [0.4, 0.5) is 0 Å². The number of sulfonamides is 1. The number of aryl methyl sites for hydroxylation is 2. The van der Waals surface area contributed by atoms with Crippen molar-refractivity contribution in [3.05, 3.63) is 48.3 Å². The highest BCUT2D eigenvalue weighted by atomic mass is 32.2. The molecule has 3 rings (SSSR count). The van der Waals surface area contributed by atoms with Gasteiger partial charge in [0.1, 0.15) is 11.2 Å². The minimum atomic E-state index is -3.52. The first-order valence-corrected chi connectivity index (χ1v) is 9.29. The molecule has 7 nitrogen and oxygen atoms in total. The standard InChI is InChI=1S/C16H20N4O3S/c1-13-9-14(19-12-18-13)4-5-15-11-20(7-8-23-15)24(21,22)16-3-2-6-17-10-16/h2-3,6,9-10,12,15H,4-5,7-8,11H2,1H3. The van der Waals surface area contributed by atoms with Gasteiger partial charge >= 0.3 is 0 Å². The molecule has 0 aliphatic carbocycles. The van der Waals surface area contributed by atoms with Crippen LogP contribution in [0.5, 0.6) is 0 Å². The average Bonchev–Trinajstić information content (AvgIpc) is 2.61. The summed E-state index contributed by atoms with van der Waals surface area (Å²) in [4.78, 5) is 12.4. The quantitative estimate of drug-likeness (QED) is 0.807. The van der Waals surface area contributed by atoms with Crippen LogP contribution in [0.3, 0.4) is 0 Å². The van der Waals surface area contributed by atoms with Crippen molar-refractivity contribution in [1.82, 2.24) is 19.3 Å². The van der Waals surface area contributed by atoms with Gasteiger partial charge in [-0.25, -0.2) is 18.4 Å². The molecule has 0 aromatic carbocycles. The van der Waals surface area contributed by atoms with E-state index in [0.29, 0.717) is 19.7 Å². The smallest absolute Gasteiger partial charge is 0.244 e. The summed E-state index contributed by atoms with van der Waals surface area (Å²) in [5.41, 5.74) is 1.86. The molecule has 1 saturated heterocycles. The summed E-state index contributed by atoms with van der Waals surface area (Å²) >= 11 is 0. The molecule has 0 spiro atoms. The van der Waals surface area contributed by atoms with Crippen LogP contribution >= 0.6 is 0 Å². The topological polar surface area (TPSA) is 85.3 Å². The first-order chi connectivity index (χ1) is 11.6. The molecule has 1 unspecified atom stereocenters. The van der Waals surface area contributed by atoms with Crippen molar-refractivity contribution in [2.45, 2.75) is 30.8 Å². The minimum absolute atomic E-state index is 0.138. The van der Waals surface area contributed by atoms with Gasteiger partial charge in [-0.3, -0.25) is 4.98 Å². The highest BCUT2D eigenvalue weighted by Crippen LogP contribution is 2.19. The molecule has 0 saturated carbocycles. The summed E-state index contributed by atoms with van der Waals surface area (Å²) < 4.78 is 32.5. The maximum absolute atomic E-state index is 12.7. The number of morpholine rings is 1. The molecule has 2 aromatic rings. The zero-order chi connectivity index (χ0) is 17.0. The monoisotopic (exact) mass is 348 g/mol. The Hall–Kier alpha value is -1.90. The predicted molar refractivity (Wildman–Crippen MR) is 87.8 cm³/mol. The van der Waals surface area contributed by atoms with E-state index in [2.05, 4.69) is 15.0 Å². The number of rotatable bonds is 5. The molecule has 0 N–H and O–H groups in total. The first-order valence-electron chi connectivity index (χ1n) is 7.85. The fourth-order valence-corrected chi connectivity index (χ4v) is 4.11. The Balaban J connectivity index is 1.64. The zero-order valence-corrected chi connectivity index (χ0v) is 14.3. The van der Waals surface area contributed by atoms with E-state index in [9.17, 15) is 8.42 Å². The normalized spacial score (nSPS) is 19.3. The Labute approximate surface area is 141 Å². The van der Waals surface area contributed by atoms with Crippen molar-refractivity contribution < 1.29 is 13.2 Å². The molecule has 8 heteroatoms. The summed E-state index contributed by atoms with van der Waals surface area (Å²) in [6, 6.07) is 5.13. The lowest BCUT2D eigenvalue weighted by Gasteiger charge is -2.32. The van der Waals surface area contributed by atoms with Crippen molar-refractivity contribution in [3.8, 4) is 0 Å². The molecular formula is C16H20N4O3S. The fraction of sp³-hybridized carbons (Fsp3) is 0.438. The molecule has 1 fully saturated rings. The molecule has 0 amide bonds. The van der Waals surface area contributed by atoms with Crippen LogP contribution in [0.25, 0.3) is 0 Å². The zero-order valence-electron chi connectivity index (χ0n) is 13.5. The van der Waals surface area contributed by atoms with Crippen molar-refractivity contribution in [2.24, 2.45) is 0 Å². The van der Waals surface area contributed by atoms with E-state index in [0.717, 1.165) is 24.2 Å². The Morgan fingerprint density at radius 1 is 1.38 bits per heavy atom. The van der Waals surface area contributed by atoms with Crippen LogP contribution in [0, 0.1) is 6.92 Å². The summed E-state index contributed by atoms with van der Waals surface area (Å²) in [6.45, 7) is 3.03. The SMILES string of the molecule is Cc1cc(CCC2CN(S(=O)(=O)c3cccnc3)CCO2)ncn1. The Morgan fingerprint density at radius 2 is 2.25 bits per heavy atom.